The molecule has 0 spiro atoms. The molecule has 1 aliphatic carbocycles. The third-order valence-corrected chi connectivity index (χ3v) is 6.71. The Bertz CT molecular complexity index is 1130. The largest absolute Gasteiger partial charge is 0.344 e. The molecule has 0 bridgehead atoms. The van der Waals surface area contributed by atoms with E-state index in [4.69, 9.17) is 0 Å². The second-order valence-electron chi connectivity index (χ2n) is 8.33. The van der Waals surface area contributed by atoms with E-state index in [9.17, 15) is 14.4 Å². The van der Waals surface area contributed by atoms with E-state index in [-0.39, 0.29) is 22.4 Å². The van der Waals surface area contributed by atoms with Crippen molar-refractivity contribution in [2.24, 2.45) is 19.5 Å². The van der Waals surface area contributed by atoms with Crippen molar-refractivity contribution in [3.8, 4) is 0 Å². The SMILES string of the molecule is Cc1ccsc1[C@H]1C2=C(CC(C)(C)CC2=O)Nc2c1c(=O)n(C)c(=O)n2C. The molecule has 0 saturated carbocycles. The zero-order chi connectivity index (χ0) is 19.7. The van der Waals surface area contributed by atoms with Crippen molar-refractivity contribution in [3.05, 3.63) is 59.6 Å². The Morgan fingerprint density at radius 2 is 1.85 bits per heavy atom. The molecule has 0 unspecified atom stereocenters. The number of Topliss-reactive ketones (excluding diaryl/α,β-unsaturated/α-hetero) is 1. The molecule has 27 heavy (non-hydrogen) atoms. The summed E-state index contributed by atoms with van der Waals surface area (Å²) in [6.07, 6.45) is 1.16. The highest BCUT2D eigenvalue weighted by Gasteiger charge is 2.43. The van der Waals surface area contributed by atoms with E-state index in [1.165, 1.54) is 11.6 Å². The van der Waals surface area contributed by atoms with Gasteiger partial charge in [0.1, 0.15) is 5.82 Å². The molecule has 0 fully saturated rings. The van der Waals surface area contributed by atoms with Crippen LogP contribution in [0.2, 0.25) is 0 Å². The minimum absolute atomic E-state index is 0.0770. The predicted octanol–water partition coefficient (Wildman–Crippen LogP) is 2.65. The fourth-order valence-electron chi connectivity index (χ4n) is 4.29. The Morgan fingerprint density at radius 1 is 1.15 bits per heavy atom. The first-order valence-corrected chi connectivity index (χ1v) is 9.87. The molecule has 4 rings (SSSR count). The maximum Gasteiger partial charge on any atom is 0.332 e. The molecule has 2 aliphatic rings. The number of aromatic nitrogens is 2. The van der Waals surface area contributed by atoms with Gasteiger partial charge in [-0.15, -0.1) is 11.3 Å². The van der Waals surface area contributed by atoms with Crippen LogP contribution in [0.3, 0.4) is 0 Å². The van der Waals surface area contributed by atoms with Gasteiger partial charge in [-0.2, -0.15) is 0 Å². The summed E-state index contributed by atoms with van der Waals surface area (Å²) < 4.78 is 2.60. The van der Waals surface area contributed by atoms with Crippen LogP contribution >= 0.6 is 11.3 Å². The topological polar surface area (TPSA) is 73.1 Å². The van der Waals surface area contributed by atoms with E-state index in [1.54, 1.807) is 18.4 Å². The smallest absolute Gasteiger partial charge is 0.332 e. The Kier molecular flexibility index (Phi) is 3.86. The summed E-state index contributed by atoms with van der Waals surface area (Å²) >= 11 is 1.55. The maximum atomic E-state index is 13.1. The second kappa shape index (κ2) is 5.79. The summed E-state index contributed by atoms with van der Waals surface area (Å²) in [5, 5.41) is 5.27. The molecule has 0 radical (unpaired) electrons. The number of aryl methyl sites for hydroxylation is 1. The molecule has 7 heteroatoms. The minimum Gasteiger partial charge on any atom is -0.344 e. The number of allylic oxidation sites excluding steroid dienone is 2. The third-order valence-electron chi connectivity index (χ3n) is 5.63. The highest BCUT2D eigenvalue weighted by Crippen LogP contribution is 2.49. The van der Waals surface area contributed by atoms with Crippen LogP contribution in [0, 0.1) is 12.3 Å². The van der Waals surface area contributed by atoms with Crippen LogP contribution in [0.25, 0.3) is 0 Å². The zero-order valence-electron chi connectivity index (χ0n) is 16.2. The van der Waals surface area contributed by atoms with Crippen molar-refractivity contribution >= 4 is 22.9 Å². The number of thiophene rings is 1. The molecule has 1 N–H and O–H groups in total. The van der Waals surface area contributed by atoms with E-state index >= 15 is 0 Å². The predicted molar refractivity (Wildman–Crippen MR) is 106 cm³/mol. The van der Waals surface area contributed by atoms with Crippen LogP contribution in [-0.2, 0) is 18.9 Å². The fraction of sp³-hybridized carbons (Fsp3) is 0.450. The molecule has 0 amide bonds. The number of carbonyl (C=O) groups excluding carboxylic acids is 1. The van der Waals surface area contributed by atoms with Crippen molar-refractivity contribution in [2.45, 2.75) is 39.5 Å². The van der Waals surface area contributed by atoms with Gasteiger partial charge in [0.05, 0.1) is 11.5 Å². The quantitative estimate of drug-likeness (QED) is 0.819. The molecule has 142 valence electrons. The number of rotatable bonds is 1. The summed E-state index contributed by atoms with van der Waals surface area (Å²) in [5.41, 5.74) is 2.18. The highest BCUT2D eigenvalue weighted by molar-refractivity contribution is 7.10. The monoisotopic (exact) mass is 385 g/mol. The first-order chi connectivity index (χ1) is 12.6. The van der Waals surface area contributed by atoms with Crippen LogP contribution < -0.4 is 16.6 Å². The van der Waals surface area contributed by atoms with E-state index in [1.807, 2.05) is 18.4 Å². The molecular weight excluding hydrogens is 362 g/mol. The van der Waals surface area contributed by atoms with E-state index in [0.717, 1.165) is 20.7 Å². The van der Waals surface area contributed by atoms with Crippen LogP contribution in [-0.4, -0.2) is 14.9 Å². The van der Waals surface area contributed by atoms with Crippen LogP contribution in [0.1, 0.15) is 48.6 Å². The lowest BCUT2D eigenvalue weighted by Crippen LogP contribution is -2.45. The first-order valence-electron chi connectivity index (χ1n) is 8.99. The Labute approximate surface area is 161 Å². The van der Waals surface area contributed by atoms with E-state index in [0.29, 0.717) is 29.8 Å². The van der Waals surface area contributed by atoms with Gasteiger partial charge in [0.15, 0.2) is 5.78 Å². The molecule has 1 atom stereocenters. The van der Waals surface area contributed by atoms with Crippen molar-refractivity contribution in [1.29, 1.82) is 0 Å². The van der Waals surface area contributed by atoms with Crippen molar-refractivity contribution < 1.29 is 4.79 Å². The number of carbonyl (C=O) groups is 1. The van der Waals surface area contributed by atoms with Crippen LogP contribution in [0.5, 0.6) is 0 Å². The number of nitrogens with one attached hydrogen (secondary N) is 1. The lowest BCUT2D eigenvalue weighted by molar-refractivity contribution is -0.118. The van der Waals surface area contributed by atoms with Gasteiger partial charge in [-0.05, 0) is 35.8 Å². The second-order valence-corrected chi connectivity index (χ2v) is 9.27. The Hall–Kier alpha value is -2.41. The summed E-state index contributed by atoms with van der Waals surface area (Å²) in [6.45, 7) is 6.14. The molecule has 3 heterocycles. The number of hydrogen-bond acceptors (Lipinski definition) is 5. The number of fused-ring (bicyclic) bond motifs is 1. The number of nitrogens with zero attached hydrogens (tertiary/aromatic N) is 2. The van der Waals surface area contributed by atoms with Crippen molar-refractivity contribution in [2.75, 3.05) is 5.32 Å². The summed E-state index contributed by atoms with van der Waals surface area (Å²) in [6, 6.07) is 2.01. The summed E-state index contributed by atoms with van der Waals surface area (Å²) in [5.74, 6) is 0.156. The molecule has 2 aromatic heterocycles. The highest BCUT2D eigenvalue weighted by atomic mass is 32.1. The normalized spacial score (nSPS) is 20.9. The third kappa shape index (κ3) is 2.56. The number of hydrogen-bond donors (Lipinski definition) is 1. The van der Waals surface area contributed by atoms with Gasteiger partial charge in [0.25, 0.3) is 5.56 Å². The number of ketones is 1. The molecule has 0 aromatic carbocycles. The zero-order valence-corrected chi connectivity index (χ0v) is 17.0. The lowest BCUT2D eigenvalue weighted by atomic mass is 9.70. The molecule has 1 aliphatic heterocycles. The molecular formula is C20H23N3O3S. The molecule has 0 saturated heterocycles. The standard InChI is InChI=1S/C20H23N3O3S/c1-10-6-7-27-16(10)14-13-11(8-20(2,3)9-12(13)24)21-17-15(14)18(25)23(5)19(26)22(17)4/h6-7,14,21H,8-9H2,1-5H3/t14-/m0/s1. The van der Waals surface area contributed by atoms with Gasteiger partial charge < -0.3 is 5.32 Å². The Balaban J connectivity index is 2.10. The summed E-state index contributed by atoms with van der Waals surface area (Å²) in [7, 11) is 3.15. The fourth-order valence-corrected chi connectivity index (χ4v) is 5.34. The summed E-state index contributed by atoms with van der Waals surface area (Å²) in [4.78, 5) is 39.7. The van der Waals surface area contributed by atoms with Crippen molar-refractivity contribution in [1.82, 2.24) is 9.13 Å². The molecule has 6 nitrogen and oxygen atoms in total. The van der Waals surface area contributed by atoms with Gasteiger partial charge in [-0.25, -0.2) is 4.79 Å². The van der Waals surface area contributed by atoms with E-state index in [2.05, 4.69) is 19.2 Å². The Morgan fingerprint density at radius 3 is 2.48 bits per heavy atom. The van der Waals surface area contributed by atoms with Gasteiger partial charge in [0, 0.05) is 36.7 Å². The van der Waals surface area contributed by atoms with Gasteiger partial charge >= 0.3 is 5.69 Å². The van der Waals surface area contributed by atoms with Gasteiger partial charge in [0.2, 0.25) is 0 Å². The average Bonchev–Trinajstić information content (AvgIpc) is 3.01. The minimum atomic E-state index is -0.426. The van der Waals surface area contributed by atoms with E-state index < -0.39 is 5.92 Å². The maximum absolute atomic E-state index is 13.1. The number of anilines is 1. The first kappa shape index (κ1) is 18.0. The van der Waals surface area contributed by atoms with Gasteiger partial charge in [-0.3, -0.25) is 18.7 Å². The van der Waals surface area contributed by atoms with Crippen LogP contribution in [0.4, 0.5) is 5.82 Å². The average molecular weight is 385 g/mol. The lowest BCUT2D eigenvalue weighted by Gasteiger charge is -2.39. The van der Waals surface area contributed by atoms with Gasteiger partial charge in [-0.1, -0.05) is 13.8 Å². The molecule has 2 aromatic rings. The van der Waals surface area contributed by atoms with Crippen molar-refractivity contribution in [3.63, 3.8) is 0 Å². The van der Waals surface area contributed by atoms with Crippen LogP contribution in [0.15, 0.2) is 32.3 Å².